The van der Waals surface area contributed by atoms with Crippen molar-refractivity contribution in [3.05, 3.63) is 47.5 Å². The van der Waals surface area contributed by atoms with E-state index in [0.717, 1.165) is 32.3 Å². The Morgan fingerprint density at radius 1 is 0.783 bits per heavy atom. The largest absolute Gasteiger partial charge is 0.350 e. The van der Waals surface area contributed by atoms with Crippen LogP contribution in [0.3, 0.4) is 0 Å². The minimum Gasteiger partial charge on any atom is -0.350 e. The van der Waals surface area contributed by atoms with Crippen molar-refractivity contribution in [2.24, 2.45) is 23.2 Å². The average Bonchev–Trinajstić information content (AvgIpc) is 2.89. The molecule has 4 amide bonds. The minimum absolute atomic E-state index is 0.516. The van der Waals surface area contributed by atoms with Gasteiger partial charge >= 0.3 is 12.1 Å². The average molecular weight is 312 g/mol. The number of hydrogen-bond acceptors (Lipinski definition) is 4. The number of fused-ring (bicyclic) bond motifs is 3. The second-order valence-electron chi connectivity index (χ2n) is 5.28. The van der Waals surface area contributed by atoms with Gasteiger partial charge in [0.2, 0.25) is 0 Å². The molecule has 1 aliphatic rings. The third kappa shape index (κ3) is 2.45. The second kappa shape index (κ2) is 5.27. The summed E-state index contributed by atoms with van der Waals surface area (Å²) in [5.74, 6) is 11.2. The number of carbonyl (C=O) groups is 2. The SMILES string of the molecule is NC(=O)N(N)c1ccc2c(c1)Cc1cc(N(N)C(N)=O)ccc1-2. The molecule has 3 rings (SSSR count). The van der Waals surface area contributed by atoms with Crippen molar-refractivity contribution in [1.29, 1.82) is 0 Å². The van der Waals surface area contributed by atoms with Gasteiger partial charge in [-0.2, -0.15) is 0 Å². The summed E-state index contributed by atoms with van der Waals surface area (Å²) in [5, 5.41) is 1.78. The van der Waals surface area contributed by atoms with Crippen LogP contribution in [-0.2, 0) is 6.42 Å². The van der Waals surface area contributed by atoms with Crippen LogP contribution in [0.25, 0.3) is 11.1 Å². The van der Waals surface area contributed by atoms with Crippen molar-refractivity contribution in [3.63, 3.8) is 0 Å². The fourth-order valence-electron chi connectivity index (χ4n) is 2.74. The molecule has 0 unspecified atom stereocenters. The lowest BCUT2D eigenvalue weighted by Gasteiger charge is -2.15. The molecule has 1 aliphatic carbocycles. The number of nitrogens with two attached hydrogens (primary N) is 4. The monoisotopic (exact) mass is 312 g/mol. The van der Waals surface area contributed by atoms with Crippen molar-refractivity contribution >= 4 is 23.4 Å². The molecule has 0 atom stereocenters. The zero-order valence-electron chi connectivity index (χ0n) is 12.2. The molecule has 0 saturated heterocycles. The second-order valence-corrected chi connectivity index (χ2v) is 5.28. The van der Waals surface area contributed by atoms with Gasteiger partial charge in [0.15, 0.2) is 0 Å². The first kappa shape index (κ1) is 14.8. The maximum Gasteiger partial charge on any atom is 0.333 e. The van der Waals surface area contributed by atoms with Crippen LogP contribution in [0.5, 0.6) is 0 Å². The van der Waals surface area contributed by atoms with E-state index in [1.54, 1.807) is 12.1 Å². The van der Waals surface area contributed by atoms with Gasteiger partial charge in [-0.3, -0.25) is 0 Å². The lowest BCUT2D eigenvalue weighted by atomic mass is 10.0. The molecule has 118 valence electrons. The highest BCUT2D eigenvalue weighted by Gasteiger charge is 2.21. The topological polar surface area (TPSA) is 145 Å². The highest BCUT2D eigenvalue weighted by Crippen LogP contribution is 2.39. The highest BCUT2D eigenvalue weighted by molar-refractivity contribution is 5.92. The van der Waals surface area contributed by atoms with Crippen LogP contribution in [0.4, 0.5) is 21.0 Å². The van der Waals surface area contributed by atoms with Crippen LogP contribution in [0.1, 0.15) is 11.1 Å². The molecule has 2 aromatic carbocycles. The van der Waals surface area contributed by atoms with Gasteiger partial charge in [0.1, 0.15) is 0 Å². The van der Waals surface area contributed by atoms with E-state index in [-0.39, 0.29) is 0 Å². The summed E-state index contributed by atoms with van der Waals surface area (Å²) in [4.78, 5) is 22.3. The van der Waals surface area contributed by atoms with Crippen molar-refractivity contribution in [2.75, 3.05) is 10.0 Å². The first-order chi connectivity index (χ1) is 10.9. The molecule has 0 bridgehead atoms. The smallest absolute Gasteiger partial charge is 0.333 e. The normalized spacial score (nSPS) is 11.6. The number of carbonyl (C=O) groups excluding carboxylic acids is 2. The summed E-state index contributed by atoms with van der Waals surface area (Å²) < 4.78 is 0. The minimum atomic E-state index is -0.733. The van der Waals surface area contributed by atoms with E-state index in [9.17, 15) is 9.59 Å². The van der Waals surface area contributed by atoms with Crippen molar-refractivity contribution in [3.8, 4) is 11.1 Å². The van der Waals surface area contributed by atoms with E-state index in [4.69, 9.17) is 23.2 Å². The van der Waals surface area contributed by atoms with Crippen LogP contribution in [0.2, 0.25) is 0 Å². The Morgan fingerprint density at radius 3 is 1.52 bits per heavy atom. The van der Waals surface area contributed by atoms with Crippen LogP contribution in [-0.4, -0.2) is 12.1 Å². The third-order valence-corrected chi connectivity index (χ3v) is 3.88. The lowest BCUT2D eigenvalue weighted by molar-refractivity contribution is 0.253. The number of primary amides is 2. The number of benzene rings is 2. The van der Waals surface area contributed by atoms with Crippen LogP contribution in [0, 0.1) is 0 Å². The van der Waals surface area contributed by atoms with Gasteiger partial charge in [0, 0.05) is 0 Å². The quantitative estimate of drug-likeness (QED) is 0.314. The molecular weight excluding hydrogens is 296 g/mol. The molecule has 0 radical (unpaired) electrons. The van der Waals surface area contributed by atoms with E-state index >= 15 is 0 Å². The molecule has 0 saturated carbocycles. The Hall–Kier alpha value is -3.10. The van der Waals surface area contributed by atoms with Gasteiger partial charge in [-0.25, -0.2) is 31.3 Å². The molecule has 0 aromatic heterocycles. The maximum absolute atomic E-state index is 11.2. The van der Waals surface area contributed by atoms with Crippen LogP contribution < -0.4 is 33.2 Å². The van der Waals surface area contributed by atoms with Gasteiger partial charge in [-0.05, 0) is 52.9 Å². The molecule has 0 fully saturated rings. The fourth-order valence-corrected chi connectivity index (χ4v) is 2.74. The number of nitrogens with zero attached hydrogens (tertiary/aromatic N) is 2. The van der Waals surface area contributed by atoms with E-state index in [2.05, 4.69) is 0 Å². The summed E-state index contributed by atoms with van der Waals surface area (Å²) >= 11 is 0. The summed E-state index contributed by atoms with van der Waals surface area (Å²) in [6.07, 6.45) is 0.631. The van der Waals surface area contributed by atoms with E-state index in [1.807, 2.05) is 24.3 Å². The number of hydrazine groups is 2. The summed E-state index contributed by atoms with van der Waals surface area (Å²) in [6.45, 7) is 0. The van der Waals surface area contributed by atoms with Crippen LogP contribution >= 0.6 is 0 Å². The molecule has 8 N–H and O–H groups in total. The summed E-state index contributed by atoms with van der Waals surface area (Å²) in [5.41, 5.74) is 15.5. The van der Waals surface area contributed by atoms with Gasteiger partial charge in [0.05, 0.1) is 11.4 Å². The third-order valence-electron chi connectivity index (χ3n) is 3.88. The molecule has 0 aliphatic heterocycles. The fraction of sp³-hybridized carbons (Fsp3) is 0.0667. The Bertz CT molecular complexity index is 752. The first-order valence-corrected chi connectivity index (χ1v) is 6.83. The van der Waals surface area contributed by atoms with Crippen molar-refractivity contribution < 1.29 is 9.59 Å². The number of hydrogen-bond donors (Lipinski definition) is 4. The van der Waals surface area contributed by atoms with Crippen molar-refractivity contribution in [2.45, 2.75) is 6.42 Å². The Labute approximate surface area is 132 Å². The molecular formula is C15H16N6O2. The Morgan fingerprint density at radius 2 is 1.17 bits per heavy atom. The lowest BCUT2D eigenvalue weighted by Crippen LogP contribution is -2.41. The summed E-state index contributed by atoms with van der Waals surface area (Å²) in [7, 11) is 0. The molecule has 8 heteroatoms. The van der Waals surface area contributed by atoms with Crippen molar-refractivity contribution in [1.82, 2.24) is 0 Å². The van der Waals surface area contributed by atoms with Gasteiger partial charge in [0.25, 0.3) is 0 Å². The number of rotatable bonds is 2. The standard InChI is InChI=1S/C15H16N6O2/c16-14(22)20(18)10-1-3-12-8(6-10)5-9-7-11(2-4-13(9)12)21(19)15(17)23/h1-4,6-7H,5,18-19H2,(H2,16,22)(H2,17,23). The van der Waals surface area contributed by atoms with E-state index in [1.165, 1.54) is 0 Å². The zero-order valence-corrected chi connectivity index (χ0v) is 12.2. The zero-order chi connectivity index (χ0) is 16.7. The van der Waals surface area contributed by atoms with Crippen LogP contribution in [0.15, 0.2) is 36.4 Å². The molecule has 2 aromatic rings. The highest BCUT2D eigenvalue weighted by atomic mass is 16.2. The Balaban J connectivity index is 1.97. The maximum atomic E-state index is 11.2. The molecule has 8 nitrogen and oxygen atoms in total. The molecule has 0 heterocycles. The summed E-state index contributed by atoms with van der Waals surface area (Å²) in [6, 6.07) is 9.38. The van der Waals surface area contributed by atoms with E-state index < -0.39 is 12.1 Å². The predicted octanol–water partition coefficient (Wildman–Crippen LogP) is 0.775. The predicted molar refractivity (Wildman–Crippen MR) is 87.2 cm³/mol. The molecule has 0 spiro atoms. The number of anilines is 2. The van der Waals surface area contributed by atoms with Gasteiger partial charge in [-0.15, -0.1) is 0 Å². The number of urea groups is 2. The van der Waals surface area contributed by atoms with Gasteiger partial charge < -0.3 is 11.5 Å². The Kier molecular flexibility index (Phi) is 3.40. The van der Waals surface area contributed by atoms with Gasteiger partial charge in [-0.1, -0.05) is 12.1 Å². The first-order valence-electron chi connectivity index (χ1n) is 6.83. The molecule has 23 heavy (non-hydrogen) atoms. The van der Waals surface area contributed by atoms with E-state index in [0.29, 0.717) is 17.8 Å². The number of amides is 4.